The summed E-state index contributed by atoms with van der Waals surface area (Å²) < 4.78 is 13.3. The first-order valence-corrected chi connectivity index (χ1v) is 18.7. The van der Waals surface area contributed by atoms with E-state index >= 15 is 0 Å². The van der Waals surface area contributed by atoms with E-state index in [2.05, 4.69) is 187 Å². The summed E-state index contributed by atoms with van der Waals surface area (Å²) in [5, 5.41) is 6.67. The Kier molecular flexibility index (Phi) is 7.17. The van der Waals surface area contributed by atoms with Crippen molar-refractivity contribution in [1.29, 1.82) is 0 Å². The van der Waals surface area contributed by atoms with Gasteiger partial charge < -0.3 is 13.7 Å². The first-order valence-electron chi connectivity index (χ1n) is 18.7. The maximum atomic E-state index is 6.87. The number of rotatable bonds is 6. The van der Waals surface area contributed by atoms with Crippen LogP contribution >= 0.6 is 0 Å². The zero-order valence-corrected chi connectivity index (χ0v) is 29.8. The number of furan rings is 2. The number of benzene rings is 9. The number of hydrogen-bond acceptors (Lipinski definition) is 3. The van der Waals surface area contributed by atoms with Crippen LogP contribution in [0.3, 0.4) is 0 Å². The first-order chi connectivity index (χ1) is 27.3. The first kappa shape index (κ1) is 31.2. The second kappa shape index (κ2) is 12.6. The van der Waals surface area contributed by atoms with Gasteiger partial charge in [-0.3, -0.25) is 0 Å². The Morgan fingerprint density at radius 2 is 0.836 bits per heavy atom. The van der Waals surface area contributed by atoms with E-state index in [4.69, 9.17) is 8.83 Å². The van der Waals surface area contributed by atoms with E-state index in [0.29, 0.717) is 0 Å². The minimum Gasteiger partial charge on any atom is -0.456 e. The molecule has 11 aromatic rings. The third kappa shape index (κ3) is 5.13. The van der Waals surface area contributed by atoms with E-state index in [1.54, 1.807) is 0 Å². The fraction of sp³-hybridized carbons (Fsp3) is 0. The molecule has 9 aromatic carbocycles. The van der Waals surface area contributed by atoms with Gasteiger partial charge in [-0.1, -0.05) is 152 Å². The molecule has 0 bridgehead atoms. The van der Waals surface area contributed by atoms with Gasteiger partial charge in [-0.2, -0.15) is 0 Å². The predicted octanol–water partition coefficient (Wildman–Crippen LogP) is 15.1. The summed E-state index contributed by atoms with van der Waals surface area (Å²) in [5.74, 6) is 0. The van der Waals surface area contributed by atoms with E-state index in [1.807, 2.05) is 18.2 Å². The van der Waals surface area contributed by atoms with Gasteiger partial charge in [0.25, 0.3) is 0 Å². The molecule has 258 valence electrons. The van der Waals surface area contributed by atoms with Crippen LogP contribution < -0.4 is 4.90 Å². The summed E-state index contributed by atoms with van der Waals surface area (Å²) in [4.78, 5) is 2.38. The maximum absolute atomic E-state index is 6.87. The lowest BCUT2D eigenvalue weighted by atomic mass is 9.95. The van der Waals surface area contributed by atoms with Gasteiger partial charge in [0.2, 0.25) is 0 Å². The average Bonchev–Trinajstić information content (AvgIpc) is 3.84. The molecule has 0 spiro atoms. The van der Waals surface area contributed by atoms with Crippen molar-refractivity contribution < 1.29 is 8.83 Å². The Labute approximate surface area is 317 Å². The minimum atomic E-state index is 0.847. The van der Waals surface area contributed by atoms with Crippen LogP contribution in [-0.2, 0) is 0 Å². The van der Waals surface area contributed by atoms with E-state index < -0.39 is 0 Å². The molecule has 3 heteroatoms. The highest BCUT2D eigenvalue weighted by molar-refractivity contribution is 6.20. The van der Waals surface area contributed by atoms with Gasteiger partial charge in [0, 0.05) is 22.0 Å². The molecule has 0 unspecified atom stereocenters. The molecule has 0 saturated heterocycles. The average molecular weight is 704 g/mol. The topological polar surface area (TPSA) is 29.5 Å². The van der Waals surface area contributed by atoms with E-state index in [-0.39, 0.29) is 0 Å². The molecule has 3 nitrogen and oxygen atoms in total. The molecule has 0 N–H and O–H groups in total. The number of hydrogen-bond donors (Lipinski definition) is 0. The third-order valence-corrected chi connectivity index (χ3v) is 10.9. The number of nitrogens with zero attached hydrogens (tertiary/aromatic N) is 1. The lowest BCUT2D eigenvalue weighted by molar-refractivity contribution is 0.669. The normalized spacial score (nSPS) is 11.6. The zero-order chi connectivity index (χ0) is 36.3. The second-order valence-corrected chi connectivity index (χ2v) is 14.0. The Morgan fingerprint density at radius 3 is 1.58 bits per heavy atom. The van der Waals surface area contributed by atoms with Crippen molar-refractivity contribution in [3.8, 4) is 33.4 Å². The molecular formula is C52H33NO2. The Hall–Kier alpha value is -7.36. The molecule has 0 atom stereocenters. The third-order valence-electron chi connectivity index (χ3n) is 10.9. The molecule has 0 aliphatic carbocycles. The Bertz CT molecular complexity index is 3180. The van der Waals surface area contributed by atoms with Crippen LogP contribution in [0, 0.1) is 0 Å². The van der Waals surface area contributed by atoms with Gasteiger partial charge in [0.05, 0.1) is 22.1 Å². The highest BCUT2D eigenvalue weighted by Crippen LogP contribution is 2.49. The molecule has 2 heterocycles. The van der Waals surface area contributed by atoms with Crippen LogP contribution in [0.5, 0.6) is 0 Å². The minimum absolute atomic E-state index is 0.847. The van der Waals surface area contributed by atoms with Crippen molar-refractivity contribution in [3.05, 3.63) is 200 Å². The van der Waals surface area contributed by atoms with Crippen LogP contribution in [0.1, 0.15) is 0 Å². The summed E-state index contributed by atoms with van der Waals surface area (Å²) in [6.07, 6.45) is 0. The highest BCUT2D eigenvalue weighted by Gasteiger charge is 2.25. The smallest absolute Gasteiger partial charge is 0.145 e. The summed E-state index contributed by atoms with van der Waals surface area (Å²) in [5.41, 5.74) is 13.5. The van der Waals surface area contributed by atoms with Crippen molar-refractivity contribution in [1.82, 2.24) is 0 Å². The number of anilines is 3. The van der Waals surface area contributed by atoms with Gasteiger partial charge in [-0.15, -0.1) is 0 Å². The highest BCUT2D eigenvalue weighted by atomic mass is 16.3. The second-order valence-electron chi connectivity index (χ2n) is 14.0. The molecular weight excluding hydrogens is 671 g/mol. The standard InChI is InChI=1S/C52H33NO2/c1-2-12-34(13-3-1)35-24-26-36(27-25-35)37-28-30-39(31-29-37)53(45-20-11-23-49-50(45)43-17-6-8-21-47(43)54-49)46-33-32-42(41-19-10-15-38-14-4-5-16-40(38)41)52-51(46)44-18-7-9-22-48(44)55-52/h1-33H. The monoisotopic (exact) mass is 703 g/mol. The van der Waals surface area contributed by atoms with Crippen LogP contribution in [0.25, 0.3) is 88.0 Å². The van der Waals surface area contributed by atoms with Crippen molar-refractivity contribution >= 4 is 71.7 Å². The molecule has 11 rings (SSSR count). The van der Waals surface area contributed by atoms with Crippen LogP contribution in [0.2, 0.25) is 0 Å². The molecule has 0 fully saturated rings. The van der Waals surface area contributed by atoms with Crippen LogP contribution in [0.15, 0.2) is 209 Å². The molecule has 0 radical (unpaired) electrons. The fourth-order valence-corrected chi connectivity index (χ4v) is 8.31. The van der Waals surface area contributed by atoms with Gasteiger partial charge in [-0.25, -0.2) is 0 Å². The molecule has 0 saturated carbocycles. The summed E-state index contributed by atoms with van der Waals surface area (Å²) >= 11 is 0. The SMILES string of the molecule is c1ccc(-c2ccc(-c3ccc(N(c4cccc5oc6ccccc6c45)c4ccc(-c5cccc6ccccc56)c5oc6ccccc6c45)cc3)cc2)cc1. The fourth-order valence-electron chi connectivity index (χ4n) is 8.31. The summed E-state index contributed by atoms with van der Waals surface area (Å²) in [6.45, 7) is 0. The van der Waals surface area contributed by atoms with Gasteiger partial charge in [0.1, 0.15) is 22.3 Å². The Balaban J connectivity index is 1.14. The quantitative estimate of drug-likeness (QED) is 0.173. The molecule has 2 aromatic heterocycles. The summed E-state index contributed by atoms with van der Waals surface area (Å²) in [6, 6.07) is 70.8. The van der Waals surface area contributed by atoms with Gasteiger partial charge >= 0.3 is 0 Å². The van der Waals surface area contributed by atoms with Crippen molar-refractivity contribution in [2.45, 2.75) is 0 Å². The van der Waals surface area contributed by atoms with Crippen LogP contribution in [-0.4, -0.2) is 0 Å². The lowest BCUT2D eigenvalue weighted by Gasteiger charge is -2.27. The van der Waals surface area contributed by atoms with E-state index in [1.165, 1.54) is 27.5 Å². The van der Waals surface area contributed by atoms with Crippen molar-refractivity contribution in [3.63, 3.8) is 0 Å². The van der Waals surface area contributed by atoms with Crippen molar-refractivity contribution in [2.24, 2.45) is 0 Å². The van der Waals surface area contributed by atoms with E-state index in [0.717, 1.165) is 77.6 Å². The number of para-hydroxylation sites is 2. The van der Waals surface area contributed by atoms with Crippen LogP contribution in [0.4, 0.5) is 17.1 Å². The zero-order valence-electron chi connectivity index (χ0n) is 29.8. The van der Waals surface area contributed by atoms with Gasteiger partial charge in [-0.05, 0) is 87.1 Å². The largest absolute Gasteiger partial charge is 0.456 e. The molecule has 0 amide bonds. The molecule has 0 aliphatic rings. The predicted molar refractivity (Wildman–Crippen MR) is 229 cm³/mol. The maximum Gasteiger partial charge on any atom is 0.145 e. The lowest BCUT2D eigenvalue weighted by Crippen LogP contribution is -2.11. The molecule has 0 aliphatic heterocycles. The van der Waals surface area contributed by atoms with Gasteiger partial charge in [0.15, 0.2) is 0 Å². The number of fused-ring (bicyclic) bond motifs is 7. The molecule has 55 heavy (non-hydrogen) atoms. The van der Waals surface area contributed by atoms with E-state index in [9.17, 15) is 0 Å². The van der Waals surface area contributed by atoms with Crippen molar-refractivity contribution in [2.75, 3.05) is 4.90 Å². The Morgan fingerprint density at radius 1 is 0.309 bits per heavy atom. The summed E-state index contributed by atoms with van der Waals surface area (Å²) in [7, 11) is 0.